The second-order valence-corrected chi connectivity index (χ2v) is 22.0. The van der Waals surface area contributed by atoms with Crippen LogP contribution in [0.5, 0.6) is 0 Å². The molecule has 83 heavy (non-hydrogen) atoms. The van der Waals surface area contributed by atoms with Crippen LogP contribution in [0.1, 0.15) is 265 Å². The van der Waals surface area contributed by atoms with Crippen molar-refractivity contribution in [3.05, 3.63) is 109 Å². The van der Waals surface area contributed by atoms with Gasteiger partial charge in [0.25, 0.3) is 0 Å². The highest BCUT2D eigenvalue weighted by Crippen LogP contribution is 2.26. The number of carboxylic acids is 1. The molecule has 0 bridgehead atoms. The molecule has 12 nitrogen and oxygen atoms in total. The first-order valence-corrected chi connectivity index (χ1v) is 32.9. The van der Waals surface area contributed by atoms with E-state index >= 15 is 0 Å². The van der Waals surface area contributed by atoms with Crippen LogP contribution in [0, 0.1) is 0 Å². The molecule has 0 saturated carbocycles. The van der Waals surface area contributed by atoms with Gasteiger partial charge in [0, 0.05) is 12.8 Å². The van der Waals surface area contributed by atoms with E-state index in [1.165, 1.54) is 96.3 Å². The van der Waals surface area contributed by atoms with E-state index < -0.39 is 67.3 Å². The van der Waals surface area contributed by atoms with Gasteiger partial charge < -0.3 is 39.0 Å². The lowest BCUT2D eigenvalue weighted by atomic mass is 9.98. The summed E-state index contributed by atoms with van der Waals surface area (Å²) in [6, 6.07) is 0. The minimum absolute atomic E-state index is 0.0296. The molecule has 1 heterocycles. The summed E-state index contributed by atoms with van der Waals surface area (Å²) in [4.78, 5) is 51.3. The molecular formula is C71H116O12. The highest BCUT2D eigenvalue weighted by Gasteiger charge is 2.50. The summed E-state index contributed by atoms with van der Waals surface area (Å²) < 4.78 is 28.4. The summed E-state index contributed by atoms with van der Waals surface area (Å²) >= 11 is 0. The van der Waals surface area contributed by atoms with Gasteiger partial charge in [-0.3, -0.25) is 14.4 Å². The lowest BCUT2D eigenvalue weighted by Crippen LogP contribution is -2.61. The molecule has 12 heteroatoms. The van der Waals surface area contributed by atoms with Crippen LogP contribution in [0.25, 0.3) is 0 Å². The number of aliphatic hydroxyl groups excluding tert-OH is 2. The Morgan fingerprint density at radius 1 is 0.422 bits per heavy atom. The zero-order chi connectivity index (χ0) is 60.3. The SMILES string of the molecule is CC/C=C\C/C=C\C/C=C\C/C=C\C/C=C\CC(=O)OC(COC(=O)CCCCCCCCCCCCCCCCCCCCC)COC1OC(C(=O)O)C(O)C(O)C1OC(=O)CCCCCCCC/C=C\C/C=C\C/C=C\C/C=C\CC. The summed E-state index contributed by atoms with van der Waals surface area (Å²) in [5.41, 5.74) is 0. The maximum absolute atomic E-state index is 13.1. The van der Waals surface area contributed by atoms with E-state index in [9.17, 15) is 34.5 Å². The topological polar surface area (TPSA) is 175 Å². The van der Waals surface area contributed by atoms with Crippen LogP contribution in [0.15, 0.2) is 109 Å². The number of hydrogen-bond acceptors (Lipinski definition) is 11. The number of esters is 3. The smallest absolute Gasteiger partial charge is 0.335 e. The van der Waals surface area contributed by atoms with E-state index in [0.29, 0.717) is 19.3 Å². The molecule has 0 spiro atoms. The predicted molar refractivity (Wildman–Crippen MR) is 340 cm³/mol. The molecule has 1 fully saturated rings. The number of ether oxygens (including phenoxy) is 5. The van der Waals surface area contributed by atoms with Crippen LogP contribution in [0.3, 0.4) is 0 Å². The Morgan fingerprint density at radius 2 is 0.795 bits per heavy atom. The molecule has 1 rings (SSSR count). The molecule has 0 amide bonds. The van der Waals surface area contributed by atoms with Crippen molar-refractivity contribution in [2.75, 3.05) is 13.2 Å². The van der Waals surface area contributed by atoms with E-state index in [4.69, 9.17) is 23.7 Å². The third-order valence-electron chi connectivity index (χ3n) is 14.4. The Bertz CT molecular complexity index is 1860. The standard InChI is InChI=1S/C71H116O12/c1-4-7-10-13-16-19-22-25-28-30-32-34-37-39-42-45-48-51-54-57-63(72)79-60-62(81-64(73)58-55-52-49-46-43-40-36-27-24-21-18-15-12-9-6-3)61-80-71-69(67(76)66(75)68(83-71)70(77)78)82-65(74)59-56-53-50-47-44-41-38-35-33-31-29-26-23-20-17-14-11-8-5-2/h8-9,11-12,17-18,20-21,26-27,29,33,35-36,43,46,52,55,62,66-69,71,75-76H,4-7,10,13-16,19,22-25,28,30-32,34,37-42,44-45,47-51,53-54,56-61H2,1-3H3,(H,77,78)/b11-8-,12-9-,20-17-,21-18-,29-26-,35-33-,36-27-,46-43-,55-52-. The van der Waals surface area contributed by atoms with E-state index in [1.54, 1.807) is 6.08 Å². The maximum Gasteiger partial charge on any atom is 0.335 e. The number of aliphatic hydroxyl groups is 2. The van der Waals surface area contributed by atoms with Crippen LogP contribution < -0.4 is 0 Å². The monoisotopic (exact) mass is 1160 g/mol. The van der Waals surface area contributed by atoms with Crippen molar-refractivity contribution >= 4 is 23.9 Å². The summed E-state index contributed by atoms with van der Waals surface area (Å²) in [7, 11) is 0. The average molecular weight is 1160 g/mol. The zero-order valence-electron chi connectivity index (χ0n) is 52.2. The highest BCUT2D eigenvalue weighted by molar-refractivity contribution is 5.74. The van der Waals surface area contributed by atoms with Crippen molar-refractivity contribution in [2.45, 2.75) is 302 Å². The summed E-state index contributed by atoms with van der Waals surface area (Å²) in [5.74, 6) is -3.30. The predicted octanol–water partition coefficient (Wildman–Crippen LogP) is 17.8. The molecule has 1 aliphatic heterocycles. The molecule has 0 aromatic heterocycles. The number of carbonyl (C=O) groups is 4. The van der Waals surface area contributed by atoms with Crippen molar-refractivity contribution in [3.8, 4) is 0 Å². The second-order valence-electron chi connectivity index (χ2n) is 22.0. The Balaban J connectivity index is 2.69. The number of unbranched alkanes of at least 4 members (excludes halogenated alkanes) is 24. The van der Waals surface area contributed by atoms with E-state index in [1.807, 2.05) is 12.2 Å². The highest BCUT2D eigenvalue weighted by atomic mass is 16.7. The normalized spacial score (nSPS) is 18.3. The van der Waals surface area contributed by atoms with Crippen molar-refractivity contribution < 1.29 is 58.2 Å². The first kappa shape index (κ1) is 76.4. The second kappa shape index (κ2) is 57.8. The van der Waals surface area contributed by atoms with Gasteiger partial charge in [0.2, 0.25) is 0 Å². The minimum Gasteiger partial charge on any atom is -0.479 e. The van der Waals surface area contributed by atoms with Crippen LogP contribution in [0.4, 0.5) is 0 Å². The summed E-state index contributed by atoms with van der Waals surface area (Å²) in [6.45, 7) is 5.71. The number of rotatable bonds is 55. The van der Waals surface area contributed by atoms with Crippen LogP contribution in [-0.4, -0.2) is 89.2 Å². The van der Waals surface area contributed by atoms with Crippen LogP contribution in [0.2, 0.25) is 0 Å². The molecule has 472 valence electrons. The molecule has 6 atom stereocenters. The molecular weight excluding hydrogens is 1040 g/mol. The Morgan fingerprint density at radius 3 is 1.22 bits per heavy atom. The molecule has 0 aliphatic carbocycles. The van der Waals surface area contributed by atoms with Crippen LogP contribution >= 0.6 is 0 Å². The molecule has 6 unspecified atom stereocenters. The molecule has 1 saturated heterocycles. The van der Waals surface area contributed by atoms with Gasteiger partial charge in [-0.05, 0) is 83.5 Å². The largest absolute Gasteiger partial charge is 0.479 e. The quantitative estimate of drug-likeness (QED) is 0.0228. The van der Waals surface area contributed by atoms with Crippen molar-refractivity contribution in [1.82, 2.24) is 0 Å². The average Bonchev–Trinajstić information content (AvgIpc) is 3.60. The molecule has 1 aliphatic rings. The molecule has 3 N–H and O–H groups in total. The summed E-state index contributed by atoms with van der Waals surface area (Å²) in [6.07, 6.45) is 66.5. The fourth-order valence-electron chi connectivity index (χ4n) is 9.44. The molecule has 0 aromatic carbocycles. The number of aliphatic carboxylic acids is 1. The molecule has 0 radical (unpaired) electrons. The van der Waals surface area contributed by atoms with E-state index in [0.717, 1.165) is 109 Å². The van der Waals surface area contributed by atoms with Gasteiger partial charge >= 0.3 is 23.9 Å². The van der Waals surface area contributed by atoms with Gasteiger partial charge in [0.1, 0.15) is 18.8 Å². The molecule has 0 aromatic rings. The van der Waals surface area contributed by atoms with Crippen molar-refractivity contribution in [1.29, 1.82) is 0 Å². The lowest BCUT2D eigenvalue weighted by molar-refractivity contribution is -0.301. The first-order valence-electron chi connectivity index (χ1n) is 32.9. The summed E-state index contributed by atoms with van der Waals surface area (Å²) in [5, 5.41) is 31.6. The number of carbonyl (C=O) groups excluding carboxylic acids is 3. The van der Waals surface area contributed by atoms with Crippen LogP contribution in [-0.2, 0) is 42.9 Å². The number of hydrogen-bond donors (Lipinski definition) is 3. The lowest BCUT2D eigenvalue weighted by Gasteiger charge is -2.40. The third-order valence-corrected chi connectivity index (χ3v) is 14.4. The minimum atomic E-state index is -1.93. The van der Waals surface area contributed by atoms with Gasteiger partial charge in [-0.2, -0.15) is 0 Å². The van der Waals surface area contributed by atoms with Gasteiger partial charge in [0.15, 0.2) is 24.6 Å². The van der Waals surface area contributed by atoms with E-state index in [2.05, 4.69) is 112 Å². The van der Waals surface area contributed by atoms with Gasteiger partial charge in [0.05, 0.1) is 13.0 Å². The number of carboxylic acid groups (broad SMARTS) is 1. The zero-order valence-corrected chi connectivity index (χ0v) is 52.2. The fraction of sp³-hybridized carbons (Fsp3) is 0.690. The Labute approximate surface area is 504 Å². The Hall–Kier alpha value is -4.62. The maximum atomic E-state index is 13.1. The van der Waals surface area contributed by atoms with Crippen molar-refractivity contribution in [3.63, 3.8) is 0 Å². The number of allylic oxidation sites excluding steroid dienone is 17. The first-order chi connectivity index (χ1) is 40.6. The third kappa shape index (κ3) is 47.3. The van der Waals surface area contributed by atoms with Gasteiger partial charge in [-0.25, -0.2) is 4.79 Å². The van der Waals surface area contributed by atoms with Gasteiger partial charge in [-0.1, -0.05) is 271 Å². The Kier molecular flexibility index (Phi) is 53.2. The fourth-order valence-corrected chi connectivity index (χ4v) is 9.44. The van der Waals surface area contributed by atoms with E-state index in [-0.39, 0.29) is 25.9 Å². The van der Waals surface area contributed by atoms with Gasteiger partial charge in [-0.15, -0.1) is 0 Å². The van der Waals surface area contributed by atoms with Crippen molar-refractivity contribution in [2.24, 2.45) is 0 Å².